The van der Waals surface area contributed by atoms with Crippen molar-refractivity contribution in [3.05, 3.63) is 0 Å². The van der Waals surface area contributed by atoms with Crippen LogP contribution in [-0.4, -0.2) is 28.3 Å². The summed E-state index contributed by atoms with van der Waals surface area (Å²) in [7, 11) is 0. The van der Waals surface area contributed by atoms with Gasteiger partial charge < -0.3 is 0 Å². The number of rotatable bonds is 0. The van der Waals surface area contributed by atoms with Crippen molar-refractivity contribution >= 4 is 28.3 Å². The summed E-state index contributed by atoms with van der Waals surface area (Å²) in [5.41, 5.74) is 0. The van der Waals surface area contributed by atoms with Gasteiger partial charge in [-0.2, -0.15) is 0 Å². The second-order valence-electron chi connectivity index (χ2n) is 0. The molecule has 0 aromatic rings. The predicted octanol–water partition coefficient (Wildman–Crippen LogP) is -2.64. The Hall–Kier alpha value is 2.05. The van der Waals surface area contributed by atoms with E-state index in [0.717, 1.165) is 0 Å². The van der Waals surface area contributed by atoms with E-state index < -0.39 is 0 Å². The Balaban J connectivity index is 0. The molecule has 0 saturated carbocycles. The molecule has 0 aliphatic rings. The van der Waals surface area contributed by atoms with E-state index in [1.165, 1.54) is 0 Å². The zero-order valence-corrected chi connectivity index (χ0v) is 3.91. The molecule has 0 aromatic heterocycles. The summed E-state index contributed by atoms with van der Waals surface area (Å²) in [5, 5.41) is 0. The fraction of sp³-hybridized carbons (Fsp3) is 0. The van der Waals surface area contributed by atoms with Gasteiger partial charge in [0.15, 0.2) is 17.4 Å². The van der Waals surface area contributed by atoms with Crippen molar-refractivity contribution in [2.45, 2.75) is 0 Å². The molecule has 0 heterocycles. The smallest absolute Gasteiger partial charge is 0.0149 e. The Morgan fingerprint density at radius 1 is 1.00 bits per heavy atom. The van der Waals surface area contributed by atoms with Crippen LogP contribution in [0.15, 0.2) is 0 Å². The van der Waals surface area contributed by atoms with E-state index in [1.54, 1.807) is 0 Å². The van der Waals surface area contributed by atoms with Gasteiger partial charge in [0, 0.05) is 40.3 Å². The molecular formula is H7AlSiTiV. The maximum atomic E-state index is 0. The van der Waals surface area contributed by atoms with Crippen LogP contribution in [0.1, 0.15) is 0 Å². The minimum atomic E-state index is 0. The molecular weight excluding hydrogens is 154 g/mol. The average Bonchev–Trinajstić information content (AvgIpc) is 0. The van der Waals surface area contributed by atoms with E-state index in [1.807, 2.05) is 0 Å². The van der Waals surface area contributed by atoms with Crippen molar-refractivity contribution in [2.75, 3.05) is 0 Å². The van der Waals surface area contributed by atoms with Crippen LogP contribution in [-0.2, 0) is 40.3 Å². The minimum absolute atomic E-state index is 0. The third-order valence-corrected chi connectivity index (χ3v) is 0. The summed E-state index contributed by atoms with van der Waals surface area (Å²) in [6.45, 7) is 0. The SMILES string of the molecule is [AlH3].[SiH4].[Ti].[V]. The molecule has 0 saturated heterocycles. The van der Waals surface area contributed by atoms with E-state index in [9.17, 15) is 0 Å². The van der Waals surface area contributed by atoms with Gasteiger partial charge >= 0.3 is 0 Å². The van der Waals surface area contributed by atoms with Gasteiger partial charge in [0.2, 0.25) is 0 Å². The van der Waals surface area contributed by atoms with Gasteiger partial charge in [-0.15, -0.1) is 0 Å². The zero-order chi connectivity index (χ0) is 0. The van der Waals surface area contributed by atoms with E-state index >= 15 is 0 Å². The van der Waals surface area contributed by atoms with Gasteiger partial charge in [-0.25, -0.2) is 0 Å². The fourth-order valence-corrected chi connectivity index (χ4v) is 0. The van der Waals surface area contributed by atoms with Crippen LogP contribution < -0.4 is 0 Å². The Bertz CT molecular complexity index is 8.00. The zero-order valence-electron chi connectivity index (χ0n) is 0.947. The topological polar surface area (TPSA) is 0 Å². The maximum Gasteiger partial charge on any atom is 0.187 e. The Morgan fingerprint density at radius 3 is 1.00 bits per heavy atom. The Kier molecular flexibility index (Phi) is 181. The first-order valence-corrected chi connectivity index (χ1v) is 0. The van der Waals surface area contributed by atoms with E-state index in [4.69, 9.17) is 0 Å². The molecule has 0 spiro atoms. The van der Waals surface area contributed by atoms with Crippen LogP contribution >= 0.6 is 0 Å². The van der Waals surface area contributed by atoms with Gasteiger partial charge in [0.1, 0.15) is 0 Å². The third kappa shape index (κ3) is 8.97. The van der Waals surface area contributed by atoms with Crippen molar-refractivity contribution in [1.82, 2.24) is 0 Å². The first-order chi connectivity index (χ1) is 0. The molecule has 4 heavy (non-hydrogen) atoms. The molecule has 0 atom stereocenters. The van der Waals surface area contributed by atoms with Gasteiger partial charge in [-0.1, -0.05) is 0 Å². The Morgan fingerprint density at radius 2 is 1.00 bits per heavy atom. The van der Waals surface area contributed by atoms with Crippen LogP contribution in [0.25, 0.3) is 0 Å². The molecule has 0 aromatic carbocycles. The molecule has 0 aliphatic heterocycles. The maximum absolute atomic E-state index is 0. The van der Waals surface area contributed by atoms with Crippen LogP contribution in [0.2, 0.25) is 0 Å². The molecule has 0 bridgehead atoms. The molecule has 0 fully saturated rings. The first kappa shape index (κ1) is 36.7. The molecule has 0 unspecified atom stereocenters. The standard InChI is InChI=1S/Al.H4Si.Ti.V.3H/h;1H4;;;;;. The number of hydrogen-bond acceptors (Lipinski definition) is 0. The molecule has 0 nitrogen and oxygen atoms in total. The molecule has 4 heteroatoms. The summed E-state index contributed by atoms with van der Waals surface area (Å²) >= 11 is 0. The summed E-state index contributed by atoms with van der Waals surface area (Å²) in [6, 6.07) is 0. The van der Waals surface area contributed by atoms with Crippen LogP contribution in [0.4, 0.5) is 0 Å². The molecule has 0 amide bonds. The number of hydrogen-bond donors (Lipinski definition) is 0. The summed E-state index contributed by atoms with van der Waals surface area (Å²) < 4.78 is 0. The summed E-state index contributed by atoms with van der Waals surface area (Å²) in [5.74, 6) is 0. The first-order valence-electron chi connectivity index (χ1n) is 0. The van der Waals surface area contributed by atoms with Crippen LogP contribution in [0, 0.1) is 0 Å². The normalized spacial score (nSPS) is 0. The second-order valence-corrected chi connectivity index (χ2v) is 0. The van der Waals surface area contributed by atoms with Crippen LogP contribution in [0.5, 0.6) is 0 Å². The van der Waals surface area contributed by atoms with Gasteiger partial charge in [0.25, 0.3) is 0 Å². The van der Waals surface area contributed by atoms with Gasteiger partial charge in [-0.3, -0.25) is 0 Å². The molecule has 0 aliphatic carbocycles. The van der Waals surface area contributed by atoms with Crippen molar-refractivity contribution in [1.29, 1.82) is 0 Å². The molecule has 1 radical (unpaired) electrons. The monoisotopic (exact) mass is 161 g/mol. The predicted molar refractivity (Wildman–Crippen MR) is 21.3 cm³/mol. The fourth-order valence-electron chi connectivity index (χ4n) is 0. The third-order valence-electron chi connectivity index (χ3n) is 0. The quantitative estimate of drug-likeness (QED) is 0.340. The van der Waals surface area contributed by atoms with Crippen LogP contribution in [0.3, 0.4) is 0 Å². The Labute approximate surface area is 68.0 Å². The minimum Gasteiger partial charge on any atom is -0.0149 e. The summed E-state index contributed by atoms with van der Waals surface area (Å²) in [4.78, 5) is 0. The molecule has 0 N–H and O–H groups in total. The average molecular weight is 161 g/mol. The van der Waals surface area contributed by atoms with Gasteiger partial charge in [0.05, 0.1) is 0 Å². The van der Waals surface area contributed by atoms with Crippen molar-refractivity contribution in [3.8, 4) is 0 Å². The molecule has 0 rings (SSSR count). The second kappa shape index (κ2) is 19.7. The van der Waals surface area contributed by atoms with Crippen molar-refractivity contribution in [3.63, 3.8) is 0 Å². The van der Waals surface area contributed by atoms with Gasteiger partial charge in [-0.05, 0) is 11.0 Å². The summed E-state index contributed by atoms with van der Waals surface area (Å²) in [6.07, 6.45) is 0. The van der Waals surface area contributed by atoms with E-state index in [2.05, 4.69) is 0 Å². The molecule has 23 valence electrons. The van der Waals surface area contributed by atoms with E-state index in [0.29, 0.717) is 0 Å². The van der Waals surface area contributed by atoms with E-state index in [-0.39, 0.29) is 68.6 Å². The largest absolute Gasteiger partial charge is 0.187 e. The van der Waals surface area contributed by atoms with Crippen molar-refractivity contribution in [2.24, 2.45) is 0 Å². The van der Waals surface area contributed by atoms with Crippen molar-refractivity contribution < 1.29 is 40.3 Å².